The van der Waals surface area contributed by atoms with E-state index in [-0.39, 0.29) is 17.3 Å². The van der Waals surface area contributed by atoms with E-state index in [1.165, 1.54) is 27.8 Å². The van der Waals surface area contributed by atoms with Gasteiger partial charge in [-0.05, 0) is 58.5 Å². The number of nitrogens with zero attached hydrogens (tertiary/aromatic N) is 6. The van der Waals surface area contributed by atoms with Crippen LogP contribution in [0, 0.1) is 6.92 Å². The monoisotopic (exact) mass is 474 g/mol. The van der Waals surface area contributed by atoms with Crippen LogP contribution in [0.5, 0.6) is 0 Å². The number of carbonyl (C=O) groups excluding carboxylic acids is 1. The van der Waals surface area contributed by atoms with Crippen LogP contribution in [0.1, 0.15) is 26.6 Å². The lowest BCUT2D eigenvalue weighted by molar-refractivity contribution is 0.0949. The molecule has 3 aromatic heterocycles. The molecule has 31 heavy (non-hydrogen) atoms. The zero-order chi connectivity index (χ0) is 21.8. The summed E-state index contributed by atoms with van der Waals surface area (Å²) in [6, 6.07) is 9.30. The predicted molar refractivity (Wildman–Crippen MR) is 119 cm³/mol. The lowest BCUT2D eigenvalue weighted by atomic mass is 10.3. The minimum atomic E-state index is -0.515. The Balaban J connectivity index is 1.59. The predicted octanol–water partition coefficient (Wildman–Crippen LogP) is 3.31. The summed E-state index contributed by atoms with van der Waals surface area (Å²) in [5.74, 6) is 0.00690. The normalized spacial score (nSPS) is 11.3. The van der Waals surface area contributed by atoms with Gasteiger partial charge in [-0.25, -0.2) is 10.1 Å². The SMILES string of the molecule is Cc1ccsc1/C=N/NC(=O)c1nnn(-c2nonc2N)c1CSc1ccc(Cl)cc1. The molecule has 13 heteroatoms. The Morgan fingerprint density at radius 1 is 1.35 bits per heavy atom. The Kier molecular flexibility index (Phi) is 6.30. The van der Waals surface area contributed by atoms with Gasteiger partial charge in [0.25, 0.3) is 5.91 Å². The number of nitrogens with one attached hydrogen (secondary N) is 1. The number of aromatic nitrogens is 5. The third-order valence-corrected chi connectivity index (χ3v) is 6.34. The number of hydrazone groups is 1. The minimum Gasteiger partial charge on any atom is -0.378 e. The average Bonchev–Trinajstić information content (AvgIpc) is 3.47. The molecular formula is C18H15ClN8O2S2. The standard InChI is InChI=1S/C18H15ClN8O2S2/c1-10-6-7-30-14(10)8-21-23-18(28)15-13(9-31-12-4-2-11(19)3-5-12)27(26-22-15)17-16(20)24-29-25-17/h2-8H,9H2,1H3,(H2,20,24)(H,23,28)/b21-8+. The van der Waals surface area contributed by atoms with Gasteiger partial charge in [0.05, 0.1) is 11.9 Å². The number of aryl methyl sites for hydroxylation is 1. The first-order valence-corrected chi connectivity index (χ1v) is 11.1. The van der Waals surface area contributed by atoms with Crippen molar-refractivity contribution in [2.75, 3.05) is 5.73 Å². The van der Waals surface area contributed by atoms with E-state index in [0.29, 0.717) is 16.5 Å². The van der Waals surface area contributed by atoms with E-state index in [0.717, 1.165) is 15.3 Å². The summed E-state index contributed by atoms with van der Waals surface area (Å²) < 4.78 is 5.99. The quantitative estimate of drug-likeness (QED) is 0.236. The Bertz CT molecular complexity index is 1230. The highest BCUT2D eigenvalue weighted by molar-refractivity contribution is 7.98. The Hall–Kier alpha value is -3.22. The summed E-state index contributed by atoms with van der Waals surface area (Å²) in [5, 5.41) is 21.9. The second-order valence-corrected chi connectivity index (χ2v) is 8.61. The zero-order valence-electron chi connectivity index (χ0n) is 16.0. The van der Waals surface area contributed by atoms with Crippen LogP contribution in [0.2, 0.25) is 5.02 Å². The molecule has 0 saturated carbocycles. The molecule has 1 amide bonds. The van der Waals surface area contributed by atoms with Gasteiger partial charge < -0.3 is 5.73 Å². The second kappa shape index (κ2) is 9.29. The largest absolute Gasteiger partial charge is 0.378 e. The molecule has 0 spiro atoms. The molecule has 0 bridgehead atoms. The summed E-state index contributed by atoms with van der Waals surface area (Å²) in [6.45, 7) is 1.97. The van der Waals surface area contributed by atoms with Gasteiger partial charge >= 0.3 is 0 Å². The number of thioether (sulfide) groups is 1. The molecule has 10 nitrogen and oxygen atoms in total. The molecule has 3 heterocycles. The number of hydrogen-bond donors (Lipinski definition) is 2. The maximum absolute atomic E-state index is 12.7. The Labute approximate surface area is 189 Å². The number of rotatable bonds is 7. The maximum Gasteiger partial charge on any atom is 0.293 e. The van der Waals surface area contributed by atoms with E-state index in [4.69, 9.17) is 17.3 Å². The van der Waals surface area contributed by atoms with Gasteiger partial charge in [-0.3, -0.25) is 4.79 Å². The second-order valence-electron chi connectivity index (χ2n) is 6.18. The molecule has 4 aromatic rings. The fourth-order valence-electron chi connectivity index (χ4n) is 2.52. The molecule has 4 rings (SSSR count). The summed E-state index contributed by atoms with van der Waals surface area (Å²) in [7, 11) is 0. The van der Waals surface area contributed by atoms with Crippen molar-refractivity contribution < 1.29 is 9.42 Å². The van der Waals surface area contributed by atoms with Crippen molar-refractivity contribution in [2.45, 2.75) is 17.6 Å². The number of anilines is 1. The van der Waals surface area contributed by atoms with Crippen LogP contribution in [0.25, 0.3) is 5.82 Å². The van der Waals surface area contributed by atoms with Crippen molar-refractivity contribution in [1.82, 2.24) is 30.7 Å². The van der Waals surface area contributed by atoms with Gasteiger partial charge in [0, 0.05) is 20.5 Å². The number of nitrogen functional groups attached to an aromatic ring is 1. The van der Waals surface area contributed by atoms with Gasteiger partial charge in [-0.2, -0.15) is 9.78 Å². The number of carbonyl (C=O) groups is 1. The van der Waals surface area contributed by atoms with E-state index in [1.54, 1.807) is 18.3 Å². The van der Waals surface area contributed by atoms with Crippen molar-refractivity contribution in [3.63, 3.8) is 0 Å². The van der Waals surface area contributed by atoms with Crippen molar-refractivity contribution in [3.05, 3.63) is 62.6 Å². The Morgan fingerprint density at radius 2 is 2.16 bits per heavy atom. The number of benzene rings is 1. The number of hydrogen-bond acceptors (Lipinski definition) is 10. The van der Waals surface area contributed by atoms with Gasteiger partial charge in [-0.15, -0.1) is 28.2 Å². The average molecular weight is 475 g/mol. The van der Waals surface area contributed by atoms with Crippen molar-refractivity contribution >= 4 is 52.6 Å². The summed E-state index contributed by atoms with van der Waals surface area (Å²) >= 11 is 8.93. The lowest BCUT2D eigenvalue weighted by Crippen LogP contribution is -2.20. The first-order chi connectivity index (χ1) is 15.0. The lowest BCUT2D eigenvalue weighted by Gasteiger charge is -2.06. The molecule has 0 aliphatic rings. The van der Waals surface area contributed by atoms with E-state index < -0.39 is 5.91 Å². The van der Waals surface area contributed by atoms with E-state index in [1.807, 2.05) is 30.5 Å². The number of amides is 1. The fourth-order valence-corrected chi connectivity index (χ4v) is 4.32. The topological polar surface area (TPSA) is 137 Å². The van der Waals surface area contributed by atoms with Crippen LogP contribution in [0.3, 0.4) is 0 Å². The molecule has 0 aliphatic heterocycles. The molecule has 0 aliphatic carbocycles. The van der Waals surface area contributed by atoms with Crippen LogP contribution >= 0.6 is 34.7 Å². The first kappa shape index (κ1) is 21.0. The highest BCUT2D eigenvalue weighted by Crippen LogP contribution is 2.27. The molecule has 0 unspecified atom stereocenters. The summed E-state index contributed by atoms with van der Waals surface area (Å²) in [4.78, 5) is 14.6. The summed E-state index contributed by atoms with van der Waals surface area (Å²) in [5.41, 5.74) is 9.91. The molecule has 0 saturated heterocycles. The fraction of sp³-hybridized carbons (Fsp3) is 0.111. The molecule has 158 valence electrons. The third kappa shape index (κ3) is 4.76. The number of thiophene rings is 1. The van der Waals surface area contributed by atoms with Crippen molar-refractivity contribution in [2.24, 2.45) is 5.10 Å². The van der Waals surface area contributed by atoms with Crippen LogP contribution in [0.4, 0.5) is 5.82 Å². The number of halogens is 1. The van der Waals surface area contributed by atoms with Crippen LogP contribution in [0.15, 0.2) is 50.3 Å². The molecule has 1 aromatic carbocycles. The van der Waals surface area contributed by atoms with E-state index in [2.05, 4.69) is 35.8 Å². The van der Waals surface area contributed by atoms with Crippen LogP contribution < -0.4 is 11.2 Å². The van der Waals surface area contributed by atoms with E-state index >= 15 is 0 Å². The van der Waals surface area contributed by atoms with Crippen molar-refractivity contribution in [1.29, 1.82) is 0 Å². The highest BCUT2D eigenvalue weighted by atomic mass is 35.5. The maximum atomic E-state index is 12.7. The Morgan fingerprint density at radius 3 is 2.84 bits per heavy atom. The van der Waals surface area contributed by atoms with Gasteiger partial charge in [-0.1, -0.05) is 16.8 Å². The minimum absolute atomic E-state index is 0.0285. The van der Waals surface area contributed by atoms with Gasteiger partial charge in [0.2, 0.25) is 11.6 Å². The zero-order valence-corrected chi connectivity index (χ0v) is 18.4. The third-order valence-electron chi connectivity index (χ3n) is 4.11. The highest BCUT2D eigenvalue weighted by Gasteiger charge is 2.24. The van der Waals surface area contributed by atoms with Gasteiger partial charge in [0.1, 0.15) is 0 Å². The first-order valence-electron chi connectivity index (χ1n) is 8.81. The smallest absolute Gasteiger partial charge is 0.293 e. The molecule has 0 fully saturated rings. The molecule has 0 radical (unpaired) electrons. The summed E-state index contributed by atoms with van der Waals surface area (Å²) in [6.07, 6.45) is 1.59. The van der Waals surface area contributed by atoms with Crippen LogP contribution in [-0.2, 0) is 5.75 Å². The molecular weight excluding hydrogens is 460 g/mol. The van der Waals surface area contributed by atoms with E-state index in [9.17, 15) is 4.79 Å². The van der Waals surface area contributed by atoms with Crippen molar-refractivity contribution in [3.8, 4) is 5.82 Å². The van der Waals surface area contributed by atoms with Crippen LogP contribution in [-0.4, -0.2) is 37.4 Å². The molecule has 3 N–H and O–H groups in total. The van der Waals surface area contributed by atoms with Gasteiger partial charge in [0.15, 0.2) is 5.69 Å². The molecule has 0 atom stereocenters. The number of nitrogens with two attached hydrogens (primary N) is 1.